The summed E-state index contributed by atoms with van der Waals surface area (Å²) in [5, 5.41) is 10.4. The highest BCUT2D eigenvalue weighted by Gasteiger charge is 2.79. The maximum absolute atomic E-state index is 14.4. The number of aliphatic hydroxyl groups excluding tert-OH is 1. The fraction of sp³-hybridized carbons (Fsp3) is 0.552. The van der Waals surface area contributed by atoms with Crippen molar-refractivity contribution in [2.24, 2.45) is 11.8 Å². The standard InChI is InChI=1S/C29H37ClN2O6/c1-5-7-8-11-17-37-27(36)23-22-25(34)32(19(3)18-33)24(29(22)15-14-28(23,4)38-29)26(35)31(16-6-2)21-13-10-9-12-20(21)30/h5-6,9-10,12-13,19,22-24,33H,1-2,7-8,11,14-18H2,3-4H3/t19-,22+,23-,24?,28+,29?/m1/s1. The number of hydrogen-bond acceptors (Lipinski definition) is 6. The second-order valence-corrected chi connectivity index (χ2v) is 11.1. The first kappa shape index (κ1) is 28.3. The van der Waals surface area contributed by atoms with Gasteiger partial charge < -0.3 is 24.4 Å². The third-order valence-corrected chi connectivity index (χ3v) is 8.53. The lowest BCUT2D eigenvalue weighted by molar-refractivity contribution is -0.160. The molecular weight excluding hydrogens is 508 g/mol. The van der Waals surface area contributed by atoms with Crippen molar-refractivity contribution in [3.63, 3.8) is 0 Å². The highest BCUT2D eigenvalue weighted by molar-refractivity contribution is 6.34. The van der Waals surface area contributed by atoms with Crippen molar-refractivity contribution in [1.29, 1.82) is 0 Å². The Morgan fingerprint density at radius 1 is 1.29 bits per heavy atom. The summed E-state index contributed by atoms with van der Waals surface area (Å²) in [5.74, 6) is -2.98. The average Bonchev–Trinajstić information content (AvgIpc) is 3.47. The number of esters is 1. The van der Waals surface area contributed by atoms with Crippen LogP contribution < -0.4 is 4.90 Å². The summed E-state index contributed by atoms with van der Waals surface area (Å²) in [6.07, 6.45) is 6.71. The van der Waals surface area contributed by atoms with Gasteiger partial charge >= 0.3 is 5.97 Å². The molecule has 3 saturated heterocycles. The Balaban J connectivity index is 1.72. The number of anilines is 1. The van der Waals surface area contributed by atoms with Gasteiger partial charge in [0.15, 0.2) is 0 Å². The van der Waals surface area contributed by atoms with Crippen LogP contribution >= 0.6 is 11.6 Å². The normalized spacial score (nSPS) is 30.2. The zero-order valence-electron chi connectivity index (χ0n) is 22.1. The van der Waals surface area contributed by atoms with E-state index in [1.165, 1.54) is 9.80 Å². The summed E-state index contributed by atoms with van der Waals surface area (Å²) < 4.78 is 12.2. The van der Waals surface area contributed by atoms with Crippen LogP contribution in [0.3, 0.4) is 0 Å². The summed E-state index contributed by atoms with van der Waals surface area (Å²) in [4.78, 5) is 44.7. The van der Waals surface area contributed by atoms with Crippen molar-refractivity contribution in [2.75, 3.05) is 24.7 Å². The molecule has 6 atom stereocenters. The molecule has 4 rings (SSSR count). The molecule has 206 valence electrons. The molecule has 0 aromatic heterocycles. The Labute approximate surface area is 229 Å². The van der Waals surface area contributed by atoms with Gasteiger partial charge in [0.05, 0.1) is 41.5 Å². The number of nitrogens with zero attached hydrogens (tertiary/aromatic N) is 2. The summed E-state index contributed by atoms with van der Waals surface area (Å²) >= 11 is 6.47. The molecule has 2 unspecified atom stereocenters. The fourth-order valence-electron chi connectivity index (χ4n) is 6.47. The van der Waals surface area contributed by atoms with Crippen LogP contribution in [-0.2, 0) is 23.9 Å². The number of fused-ring (bicyclic) bond motifs is 1. The molecule has 3 aliphatic rings. The summed E-state index contributed by atoms with van der Waals surface area (Å²) in [6.45, 7) is 11.1. The Kier molecular flexibility index (Phi) is 8.35. The molecule has 3 heterocycles. The smallest absolute Gasteiger partial charge is 0.312 e. The largest absolute Gasteiger partial charge is 0.465 e. The molecule has 38 heavy (non-hydrogen) atoms. The van der Waals surface area contributed by atoms with Gasteiger partial charge in [-0.25, -0.2) is 0 Å². The zero-order chi connectivity index (χ0) is 27.7. The third-order valence-electron chi connectivity index (χ3n) is 8.21. The first-order chi connectivity index (χ1) is 18.2. The van der Waals surface area contributed by atoms with Crippen molar-refractivity contribution < 1.29 is 29.0 Å². The van der Waals surface area contributed by atoms with Crippen LogP contribution in [0.15, 0.2) is 49.6 Å². The highest BCUT2D eigenvalue weighted by atomic mass is 35.5. The van der Waals surface area contributed by atoms with Gasteiger partial charge in [-0.3, -0.25) is 14.4 Å². The number of allylic oxidation sites excluding steroid dienone is 1. The van der Waals surface area contributed by atoms with Crippen molar-refractivity contribution in [1.82, 2.24) is 4.90 Å². The maximum atomic E-state index is 14.4. The molecule has 1 aromatic rings. The van der Waals surface area contributed by atoms with E-state index < -0.39 is 47.0 Å². The number of carbonyl (C=O) groups is 3. The fourth-order valence-corrected chi connectivity index (χ4v) is 6.71. The van der Waals surface area contributed by atoms with Crippen LogP contribution in [0.5, 0.6) is 0 Å². The van der Waals surface area contributed by atoms with E-state index in [9.17, 15) is 19.5 Å². The summed E-state index contributed by atoms with van der Waals surface area (Å²) in [7, 11) is 0. The number of rotatable bonds is 12. The first-order valence-corrected chi connectivity index (χ1v) is 13.6. The molecule has 2 bridgehead atoms. The van der Waals surface area contributed by atoms with Crippen molar-refractivity contribution in [3.05, 3.63) is 54.6 Å². The lowest BCUT2D eigenvalue weighted by Gasteiger charge is -2.38. The van der Waals surface area contributed by atoms with E-state index in [1.54, 1.807) is 37.3 Å². The molecule has 0 aliphatic carbocycles. The molecule has 9 heteroatoms. The van der Waals surface area contributed by atoms with Gasteiger partial charge in [-0.05, 0) is 58.1 Å². The van der Waals surface area contributed by atoms with Gasteiger partial charge in [0.2, 0.25) is 5.91 Å². The molecule has 0 saturated carbocycles. The minimum Gasteiger partial charge on any atom is -0.465 e. The van der Waals surface area contributed by atoms with Gasteiger partial charge in [-0.1, -0.05) is 35.9 Å². The van der Waals surface area contributed by atoms with Gasteiger partial charge in [0.25, 0.3) is 5.91 Å². The lowest BCUT2D eigenvalue weighted by atomic mass is 9.66. The van der Waals surface area contributed by atoms with Crippen LogP contribution in [0.2, 0.25) is 5.02 Å². The van der Waals surface area contributed by atoms with E-state index >= 15 is 0 Å². The van der Waals surface area contributed by atoms with E-state index in [0.717, 1.165) is 12.8 Å². The van der Waals surface area contributed by atoms with E-state index in [0.29, 0.717) is 30.0 Å². The Hall–Kier alpha value is -2.68. The number of unbranched alkanes of at least 4 members (excludes halogenated alkanes) is 2. The molecule has 8 nitrogen and oxygen atoms in total. The number of carbonyl (C=O) groups excluding carboxylic acids is 3. The van der Waals surface area contributed by atoms with Crippen LogP contribution in [0.25, 0.3) is 0 Å². The van der Waals surface area contributed by atoms with Gasteiger partial charge in [0, 0.05) is 6.54 Å². The molecule has 0 radical (unpaired) electrons. The zero-order valence-corrected chi connectivity index (χ0v) is 22.9. The second-order valence-electron chi connectivity index (χ2n) is 10.6. The molecular formula is C29H37ClN2O6. The Morgan fingerprint density at radius 2 is 2.03 bits per heavy atom. The van der Waals surface area contributed by atoms with Gasteiger partial charge in [0.1, 0.15) is 17.6 Å². The maximum Gasteiger partial charge on any atom is 0.312 e. The highest BCUT2D eigenvalue weighted by Crippen LogP contribution is 2.63. The van der Waals surface area contributed by atoms with E-state index in [1.807, 2.05) is 13.0 Å². The minimum atomic E-state index is -1.22. The summed E-state index contributed by atoms with van der Waals surface area (Å²) in [6, 6.07) is 5.25. The van der Waals surface area contributed by atoms with Gasteiger partial charge in [-0.2, -0.15) is 0 Å². The Bertz CT molecular complexity index is 1110. The number of benzene rings is 1. The van der Waals surface area contributed by atoms with Crippen LogP contribution in [-0.4, -0.2) is 70.8 Å². The monoisotopic (exact) mass is 544 g/mol. The first-order valence-electron chi connectivity index (χ1n) is 13.2. The molecule has 3 aliphatic heterocycles. The molecule has 1 N–H and O–H groups in total. The van der Waals surface area contributed by atoms with E-state index in [-0.39, 0.29) is 25.7 Å². The lowest BCUT2D eigenvalue weighted by Crippen LogP contribution is -2.58. The quantitative estimate of drug-likeness (QED) is 0.243. The van der Waals surface area contributed by atoms with Crippen LogP contribution in [0.4, 0.5) is 5.69 Å². The molecule has 1 spiro atoms. The van der Waals surface area contributed by atoms with Crippen molar-refractivity contribution >= 4 is 35.1 Å². The van der Waals surface area contributed by atoms with Crippen molar-refractivity contribution in [2.45, 2.75) is 69.2 Å². The number of hydrogen-bond donors (Lipinski definition) is 1. The van der Waals surface area contributed by atoms with Gasteiger partial charge in [-0.15, -0.1) is 13.2 Å². The Morgan fingerprint density at radius 3 is 2.68 bits per heavy atom. The predicted octanol–water partition coefficient (Wildman–Crippen LogP) is 3.90. The average molecular weight is 545 g/mol. The second kappa shape index (κ2) is 11.2. The predicted molar refractivity (Wildman–Crippen MR) is 145 cm³/mol. The third kappa shape index (κ3) is 4.56. The number of likely N-dealkylation sites (tertiary alicyclic amines) is 1. The summed E-state index contributed by atoms with van der Waals surface area (Å²) in [5.41, 5.74) is -1.67. The molecule has 3 fully saturated rings. The number of ether oxygens (including phenoxy) is 2. The number of aliphatic hydroxyl groups is 1. The number of halogens is 1. The SMILES string of the molecule is C=CCCCCOC(=O)[C@H]1[C@H]2C(=O)N([C@H](C)CO)C(C(=O)N(CC=C)c3ccccc3Cl)C23CC[C@]1(C)O3. The minimum absolute atomic E-state index is 0.156. The molecule has 1 aromatic carbocycles. The van der Waals surface area contributed by atoms with Crippen LogP contribution in [0, 0.1) is 11.8 Å². The number of amides is 2. The molecule has 2 amide bonds. The number of para-hydroxylation sites is 1. The topological polar surface area (TPSA) is 96.4 Å². The van der Waals surface area contributed by atoms with E-state index in [4.69, 9.17) is 21.1 Å². The van der Waals surface area contributed by atoms with Crippen LogP contribution in [0.1, 0.15) is 46.0 Å². The van der Waals surface area contributed by atoms with E-state index in [2.05, 4.69) is 13.2 Å². The van der Waals surface area contributed by atoms with Crippen molar-refractivity contribution in [3.8, 4) is 0 Å².